The van der Waals surface area contributed by atoms with E-state index in [0.717, 1.165) is 12.2 Å². The average molecular weight is 175 g/mol. The van der Waals surface area contributed by atoms with Gasteiger partial charge in [0.2, 0.25) is 0 Å². The fraction of sp³-hybridized carbons (Fsp3) is 0.455. The zero-order valence-electron chi connectivity index (χ0n) is 7.52. The van der Waals surface area contributed by atoms with Gasteiger partial charge in [0, 0.05) is 18.8 Å². The molecular weight excluding hydrogens is 162 g/mol. The van der Waals surface area contributed by atoms with Crippen LogP contribution in [0, 0.1) is 5.92 Å². The maximum atomic E-state index is 10.5. The minimum atomic E-state index is 0.445. The Morgan fingerprint density at radius 1 is 1.46 bits per heavy atom. The Morgan fingerprint density at radius 2 is 2.15 bits per heavy atom. The van der Waals surface area contributed by atoms with Crippen LogP contribution in [0.1, 0.15) is 30.7 Å². The lowest BCUT2D eigenvalue weighted by atomic mass is 9.92. The maximum absolute atomic E-state index is 10.5. The first-order chi connectivity index (χ1) is 6.42. The van der Waals surface area contributed by atoms with E-state index in [9.17, 15) is 4.79 Å². The lowest BCUT2D eigenvalue weighted by molar-refractivity contribution is -0.108. The van der Waals surface area contributed by atoms with E-state index in [-0.39, 0.29) is 0 Å². The van der Waals surface area contributed by atoms with Crippen LogP contribution in [0.5, 0.6) is 0 Å². The number of aldehydes is 1. The summed E-state index contributed by atoms with van der Waals surface area (Å²) in [5.41, 5.74) is 1.27. The molecule has 0 spiro atoms. The van der Waals surface area contributed by atoms with Gasteiger partial charge in [-0.1, -0.05) is 0 Å². The molecule has 1 aromatic rings. The topological polar surface area (TPSA) is 30.0 Å². The third-order valence-corrected chi connectivity index (χ3v) is 2.68. The fourth-order valence-electron chi connectivity index (χ4n) is 1.81. The van der Waals surface area contributed by atoms with Crippen LogP contribution < -0.4 is 0 Å². The molecule has 0 aromatic carbocycles. The number of nitrogens with zero attached hydrogens (tertiary/aromatic N) is 1. The number of hydrogen-bond acceptors (Lipinski definition) is 2. The normalized spacial score (nSPS) is 18.2. The summed E-state index contributed by atoms with van der Waals surface area (Å²) >= 11 is 0. The van der Waals surface area contributed by atoms with E-state index < -0.39 is 0 Å². The van der Waals surface area contributed by atoms with Crippen molar-refractivity contribution in [1.29, 1.82) is 0 Å². The van der Waals surface area contributed by atoms with Crippen molar-refractivity contribution in [2.45, 2.75) is 25.2 Å². The summed E-state index contributed by atoms with van der Waals surface area (Å²) in [6.07, 6.45) is 7.85. The van der Waals surface area contributed by atoms with Gasteiger partial charge in [-0.2, -0.15) is 0 Å². The second kappa shape index (κ2) is 3.69. The molecule has 2 heteroatoms. The lowest BCUT2D eigenvalue weighted by Crippen LogP contribution is -2.01. The van der Waals surface area contributed by atoms with Crippen molar-refractivity contribution in [1.82, 2.24) is 4.98 Å². The lowest BCUT2D eigenvalue weighted by Gasteiger charge is -2.12. The summed E-state index contributed by atoms with van der Waals surface area (Å²) in [6, 6.07) is 4.04. The van der Waals surface area contributed by atoms with Crippen LogP contribution in [-0.4, -0.2) is 11.3 Å². The van der Waals surface area contributed by atoms with Gasteiger partial charge in [-0.05, 0) is 42.4 Å². The minimum Gasteiger partial charge on any atom is -0.303 e. The Bertz CT molecular complexity index is 279. The molecule has 1 aromatic heterocycles. The zero-order valence-corrected chi connectivity index (χ0v) is 7.52. The van der Waals surface area contributed by atoms with E-state index in [1.807, 2.05) is 12.1 Å². The quantitative estimate of drug-likeness (QED) is 0.656. The largest absolute Gasteiger partial charge is 0.303 e. The van der Waals surface area contributed by atoms with E-state index in [4.69, 9.17) is 0 Å². The van der Waals surface area contributed by atoms with Gasteiger partial charge < -0.3 is 4.79 Å². The molecule has 0 saturated heterocycles. The third kappa shape index (κ3) is 1.94. The summed E-state index contributed by atoms with van der Waals surface area (Å²) in [4.78, 5) is 14.5. The van der Waals surface area contributed by atoms with Gasteiger partial charge in [0.05, 0.1) is 0 Å². The van der Waals surface area contributed by atoms with Gasteiger partial charge in [-0.25, -0.2) is 0 Å². The van der Waals surface area contributed by atoms with Crippen LogP contribution >= 0.6 is 0 Å². The van der Waals surface area contributed by atoms with Crippen molar-refractivity contribution in [2.75, 3.05) is 0 Å². The molecule has 0 bridgehead atoms. The molecule has 0 N–H and O–H groups in total. The Balaban J connectivity index is 2.14. The molecule has 1 heterocycles. The highest BCUT2D eigenvalue weighted by atomic mass is 16.1. The molecule has 1 fully saturated rings. The van der Waals surface area contributed by atoms with E-state index >= 15 is 0 Å². The predicted molar refractivity (Wildman–Crippen MR) is 50.4 cm³/mol. The van der Waals surface area contributed by atoms with Gasteiger partial charge in [0.25, 0.3) is 0 Å². The van der Waals surface area contributed by atoms with Gasteiger partial charge in [-0.15, -0.1) is 0 Å². The molecule has 13 heavy (non-hydrogen) atoms. The third-order valence-electron chi connectivity index (χ3n) is 2.68. The molecular formula is C11H13NO. The monoisotopic (exact) mass is 175 g/mol. The first-order valence-electron chi connectivity index (χ1n) is 4.75. The van der Waals surface area contributed by atoms with Crippen LogP contribution in [0.4, 0.5) is 0 Å². The van der Waals surface area contributed by atoms with E-state index in [1.165, 1.54) is 18.4 Å². The molecule has 0 unspecified atom stereocenters. The van der Waals surface area contributed by atoms with Gasteiger partial charge in [-0.3, -0.25) is 4.98 Å². The number of pyridine rings is 1. The SMILES string of the molecule is O=CC[C@H](c1ccncc1)C1CC1. The first-order valence-corrected chi connectivity index (χ1v) is 4.75. The van der Waals surface area contributed by atoms with Crippen molar-refractivity contribution in [3.63, 3.8) is 0 Å². The number of carbonyl (C=O) groups excluding carboxylic acids is 1. The second-order valence-corrected chi connectivity index (χ2v) is 3.63. The highest BCUT2D eigenvalue weighted by Gasteiger charge is 2.31. The molecule has 0 amide bonds. The van der Waals surface area contributed by atoms with Crippen LogP contribution in [0.15, 0.2) is 24.5 Å². The average Bonchev–Trinajstić information content (AvgIpc) is 2.99. The number of aromatic nitrogens is 1. The highest BCUT2D eigenvalue weighted by molar-refractivity contribution is 5.52. The van der Waals surface area contributed by atoms with Crippen molar-refractivity contribution >= 4 is 6.29 Å². The summed E-state index contributed by atoms with van der Waals surface area (Å²) in [5.74, 6) is 1.19. The summed E-state index contributed by atoms with van der Waals surface area (Å²) in [7, 11) is 0. The molecule has 2 rings (SSSR count). The van der Waals surface area contributed by atoms with Crippen molar-refractivity contribution in [2.24, 2.45) is 5.92 Å². The maximum Gasteiger partial charge on any atom is 0.120 e. The number of carbonyl (C=O) groups is 1. The van der Waals surface area contributed by atoms with Crippen LogP contribution in [0.3, 0.4) is 0 Å². The molecule has 68 valence electrons. The second-order valence-electron chi connectivity index (χ2n) is 3.63. The van der Waals surface area contributed by atoms with Crippen LogP contribution in [0.25, 0.3) is 0 Å². The smallest absolute Gasteiger partial charge is 0.120 e. The molecule has 0 aliphatic heterocycles. The van der Waals surface area contributed by atoms with Crippen molar-refractivity contribution in [3.05, 3.63) is 30.1 Å². The Labute approximate surface area is 78.0 Å². The van der Waals surface area contributed by atoms with Gasteiger partial charge in [0.15, 0.2) is 0 Å². The number of rotatable bonds is 4. The summed E-state index contributed by atoms with van der Waals surface area (Å²) < 4.78 is 0. The van der Waals surface area contributed by atoms with Crippen molar-refractivity contribution in [3.8, 4) is 0 Å². The molecule has 2 nitrogen and oxygen atoms in total. The Hall–Kier alpha value is -1.18. The molecule has 1 saturated carbocycles. The molecule has 0 radical (unpaired) electrons. The minimum absolute atomic E-state index is 0.445. The van der Waals surface area contributed by atoms with Crippen molar-refractivity contribution < 1.29 is 4.79 Å². The summed E-state index contributed by atoms with van der Waals surface area (Å²) in [6.45, 7) is 0. The summed E-state index contributed by atoms with van der Waals surface area (Å²) in [5, 5.41) is 0. The number of hydrogen-bond donors (Lipinski definition) is 0. The van der Waals surface area contributed by atoms with Crippen LogP contribution in [-0.2, 0) is 4.79 Å². The van der Waals surface area contributed by atoms with E-state index in [2.05, 4.69) is 4.98 Å². The fourth-order valence-corrected chi connectivity index (χ4v) is 1.81. The predicted octanol–water partition coefficient (Wildman–Crippen LogP) is 2.16. The standard InChI is InChI=1S/C11H13NO/c13-8-5-11(9-1-2-9)10-3-6-12-7-4-10/h3-4,6-9,11H,1-2,5H2/t11-/m0/s1. The van der Waals surface area contributed by atoms with Gasteiger partial charge >= 0.3 is 0 Å². The Kier molecular flexibility index (Phi) is 2.39. The van der Waals surface area contributed by atoms with E-state index in [1.54, 1.807) is 12.4 Å². The first kappa shape index (κ1) is 8.42. The molecule has 1 atom stereocenters. The van der Waals surface area contributed by atoms with Crippen LogP contribution in [0.2, 0.25) is 0 Å². The zero-order chi connectivity index (χ0) is 9.10. The van der Waals surface area contributed by atoms with E-state index in [0.29, 0.717) is 12.3 Å². The van der Waals surface area contributed by atoms with Gasteiger partial charge in [0.1, 0.15) is 6.29 Å². The molecule has 1 aliphatic carbocycles. The molecule has 1 aliphatic rings. The highest BCUT2D eigenvalue weighted by Crippen LogP contribution is 2.43. The Morgan fingerprint density at radius 3 is 2.69 bits per heavy atom.